The molecule has 3 heterocycles. The van der Waals surface area contributed by atoms with Gasteiger partial charge in [0.15, 0.2) is 0 Å². The molecule has 1 aliphatic heterocycles. The van der Waals surface area contributed by atoms with E-state index in [4.69, 9.17) is 0 Å². The predicted octanol–water partition coefficient (Wildman–Crippen LogP) is 2.93. The third-order valence-electron chi connectivity index (χ3n) is 4.39. The Bertz CT molecular complexity index is 1090. The third-order valence-corrected chi connectivity index (χ3v) is 4.39. The summed E-state index contributed by atoms with van der Waals surface area (Å²) < 4.78 is 0. The molecular formula is C19H21N5O2. The van der Waals surface area contributed by atoms with Crippen LogP contribution < -0.4 is 16.2 Å². The van der Waals surface area contributed by atoms with Crippen molar-refractivity contribution in [2.75, 3.05) is 5.32 Å². The van der Waals surface area contributed by atoms with Crippen LogP contribution in [0.3, 0.4) is 0 Å². The summed E-state index contributed by atoms with van der Waals surface area (Å²) in [5.41, 5.74) is 3.23. The molecule has 4 rings (SSSR count). The van der Waals surface area contributed by atoms with E-state index in [0.29, 0.717) is 22.4 Å². The molecule has 7 heteroatoms. The Hall–Kier alpha value is -3.09. The van der Waals surface area contributed by atoms with Gasteiger partial charge in [0, 0.05) is 16.8 Å². The second-order valence-corrected chi connectivity index (χ2v) is 7.70. The minimum absolute atomic E-state index is 0.0595. The van der Waals surface area contributed by atoms with Crippen LogP contribution in [-0.2, 0) is 0 Å². The molecule has 134 valence electrons. The molecule has 0 aliphatic carbocycles. The lowest BCUT2D eigenvalue weighted by Crippen LogP contribution is -2.28. The van der Waals surface area contributed by atoms with Crippen LogP contribution in [0.25, 0.3) is 22.2 Å². The van der Waals surface area contributed by atoms with E-state index in [2.05, 4.69) is 25.6 Å². The second-order valence-electron chi connectivity index (χ2n) is 7.70. The highest BCUT2D eigenvalue weighted by Gasteiger charge is 2.28. The fraction of sp³-hybridized carbons (Fsp3) is 0.316. The van der Waals surface area contributed by atoms with Crippen molar-refractivity contribution in [1.82, 2.24) is 20.3 Å². The van der Waals surface area contributed by atoms with Crippen LogP contribution in [0.5, 0.6) is 0 Å². The van der Waals surface area contributed by atoms with Crippen LogP contribution in [0.15, 0.2) is 29.1 Å². The van der Waals surface area contributed by atoms with E-state index < -0.39 is 0 Å². The van der Waals surface area contributed by atoms with Crippen LogP contribution in [0.2, 0.25) is 0 Å². The molecule has 0 fully saturated rings. The van der Waals surface area contributed by atoms with Crippen molar-refractivity contribution in [3.8, 4) is 11.3 Å². The number of amides is 1. The number of nitrogens with one attached hydrogen (secondary N) is 4. The summed E-state index contributed by atoms with van der Waals surface area (Å²) in [6, 6.07) is 7.23. The molecule has 0 unspecified atom stereocenters. The zero-order chi connectivity index (χ0) is 18.6. The van der Waals surface area contributed by atoms with E-state index >= 15 is 0 Å². The van der Waals surface area contributed by atoms with Gasteiger partial charge in [-0.25, -0.2) is 4.98 Å². The number of hydrogen-bond donors (Lipinski definition) is 4. The molecule has 4 N–H and O–H groups in total. The number of hydrogen-bond acceptors (Lipinski definition) is 4. The summed E-state index contributed by atoms with van der Waals surface area (Å²) in [6.45, 7) is 7.93. The molecule has 1 aliphatic rings. The molecule has 0 bridgehead atoms. The van der Waals surface area contributed by atoms with Gasteiger partial charge in [-0.3, -0.25) is 14.6 Å². The van der Waals surface area contributed by atoms with E-state index in [-0.39, 0.29) is 23.0 Å². The first-order valence-electron chi connectivity index (χ1n) is 8.58. The lowest BCUT2D eigenvalue weighted by Gasteiger charge is -2.21. The number of anilines is 1. The smallest absolute Gasteiger partial charge is 0.260 e. The summed E-state index contributed by atoms with van der Waals surface area (Å²) in [5, 5.41) is 6.58. The zero-order valence-electron chi connectivity index (χ0n) is 15.2. The number of rotatable bonds is 2. The normalized spacial score (nSPS) is 16.6. The number of benzene rings is 1. The van der Waals surface area contributed by atoms with Gasteiger partial charge in [0.25, 0.3) is 11.5 Å². The number of aromatic amines is 2. The molecule has 0 spiro atoms. The number of para-hydroxylation sites is 1. The molecule has 1 amide bonds. The van der Waals surface area contributed by atoms with E-state index in [0.717, 1.165) is 17.0 Å². The van der Waals surface area contributed by atoms with E-state index in [1.807, 2.05) is 45.9 Å². The van der Waals surface area contributed by atoms with Crippen molar-refractivity contribution < 1.29 is 4.79 Å². The number of carbonyl (C=O) groups is 1. The van der Waals surface area contributed by atoms with Gasteiger partial charge in [-0.1, -0.05) is 12.1 Å². The van der Waals surface area contributed by atoms with E-state index in [9.17, 15) is 9.59 Å². The molecule has 0 saturated carbocycles. The molecule has 26 heavy (non-hydrogen) atoms. The van der Waals surface area contributed by atoms with Gasteiger partial charge in [0.1, 0.15) is 0 Å². The Morgan fingerprint density at radius 1 is 1.12 bits per heavy atom. The second kappa shape index (κ2) is 5.45. The molecule has 1 atom stereocenters. The maximum atomic E-state index is 12.5. The van der Waals surface area contributed by atoms with Crippen LogP contribution in [0.4, 0.5) is 5.95 Å². The van der Waals surface area contributed by atoms with Crippen molar-refractivity contribution in [1.29, 1.82) is 0 Å². The van der Waals surface area contributed by atoms with Crippen molar-refractivity contribution in [2.24, 2.45) is 0 Å². The van der Waals surface area contributed by atoms with Gasteiger partial charge in [-0.05, 0) is 39.8 Å². The molecule has 0 radical (unpaired) electrons. The van der Waals surface area contributed by atoms with Crippen molar-refractivity contribution in [2.45, 2.75) is 39.3 Å². The number of fused-ring (bicyclic) bond motifs is 2. The third kappa shape index (κ3) is 2.65. The summed E-state index contributed by atoms with van der Waals surface area (Å²) in [7, 11) is 0. The van der Waals surface area contributed by atoms with Crippen LogP contribution >= 0.6 is 0 Å². The molecule has 3 aromatic rings. The monoisotopic (exact) mass is 351 g/mol. The Kier molecular flexibility index (Phi) is 3.44. The Balaban J connectivity index is 1.91. The number of H-pyrrole nitrogens is 2. The molecule has 7 nitrogen and oxygen atoms in total. The lowest BCUT2D eigenvalue weighted by atomic mass is 10.1. The number of nitrogens with zero attached hydrogens (tertiary/aromatic N) is 1. The maximum absolute atomic E-state index is 12.5. The highest BCUT2D eigenvalue weighted by molar-refractivity contribution is 6.01. The minimum atomic E-state index is -0.236. The standard InChI is InChI=1S/C19H21N5O2/c1-9-14-12(17(26)20-9)8-13(21-14)10-6-5-7-11-15(10)22-18(23-16(11)25)24-19(2,3)4/h5-9,21H,1-4H3,(H,20,26)(H2,22,23,24,25)/t9-/m1/s1. The first-order valence-corrected chi connectivity index (χ1v) is 8.58. The minimum Gasteiger partial charge on any atom is -0.356 e. The highest BCUT2D eigenvalue weighted by Crippen LogP contribution is 2.32. The Morgan fingerprint density at radius 3 is 2.58 bits per heavy atom. The summed E-state index contributed by atoms with van der Waals surface area (Å²) in [5.74, 6) is 0.337. The quantitative estimate of drug-likeness (QED) is 0.570. The van der Waals surface area contributed by atoms with Crippen LogP contribution in [0.1, 0.15) is 49.8 Å². The predicted molar refractivity (Wildman–Crippen MR) is 101 cm³/mol. The first-order chi connectivity index (χ1) is 12.2. The van der Waals surface area contributed by atoms with Gasteiger partial charge >= 0.3 is 0 Å². The van der Waals surface area contributed by atoms with E-state index in [1.165, 1.54) is 0 Å². The topological polar surface area (TPSA) is 103 Å². The average Bonchev–Trinajstić information content (AvgIpc) is 3.07. The summed E-state index contributed by atoms with van der Waals surface area (Å²) in [4.78, 5) is 35.3. The molecule has 2 aromatic heterocycles. The Morgan fingerprint density at radius 2 is 1.88 bits per heavy atom. The summed E-state index contributed by atoms with van der Waals surface area (Å²) in [6.07, 6.45) is 0. The van der Waals surface area contributed by atoms with Crippen LogP contribution in [0, 0.1) is 0 Å². The van der Waals surface area contributed by atoms with Gasteiger partial charge in [0.2, 0.25) is 5.95 Å². The zero-order valence-corrected chi connectivity index (χ0v) is 15.2. The van der Waals surface area contributed by atoms with Crippen molar-refractivity contribution in [3.05, 3.63) is 45.9 Å². The lowest BCUT2D eigenvalue weighted by molar-refractivity contribution is 0.0958. The van der Waals surface area contributed by atoms with Crippen LogP contribution in [-0.4, -0.2) is 26.4 Å². The fourth-order valence-electron chi connectivity index (χ4n) is 3.29. The fourth-order valence-corrected chi connectivity index (χ4v) is 3.29. The van der Waals surface area contributed by atoms with Gasteiger partial charge < -0.3 is 15.6 Å². The number of carbonyl (C=O) groups excluding carboxylic acids is 1. The maximum Gasteiger partial charge on any atom is 0.260 e. The van der Waals surface area contributed by atoms with Crippen molar-refractivity contribution >= 4 is 22.8 Å². The molecular weight excluding hydrogens is 330 g/mol. The van der Waals surface area contributed by atoms with Gasteiger partial charge in [-0.2, -0.15) is 0 Å². The molecule has 0 saturated heterocycles. The molecule has 1 aromatic carbocycles. The Labute approximate surface area is 150 Å². The van der Waals surface area contributed by atoms with Crippen molar-refractivity contribution in [3.63, 3.8) is 0 Å². The van der Waals surface area contributed by atoms with Gasteiger partial charge in [-0.15, -0.1) is 0 Å². The SMILES string of the molecule is C[C@H]1NC(=O)c2cc(-c3cccc4c(=O)[nH]c(NC(C)(C)C)nc34)[nH]c21. The van der Waals surface area contributed by atoms with Gasteiger partial charge in [0.05, 0.1) is 28.2 Å². The average molecular weight is 351 g/mol. The first kappa shape index (κ1) is 16.4. The highest BCUT2D eigenvalue weighted by atomic mass is 16.2. The largest absolute Gasteiger partial charge is 0.356 e. The van der Waals surface area contributed by atoms with E-state index in [1.54, 1.807) is 6.07 Å². The number of aromatic nitrogens is 3. The summed E-state index contributed by atoms with van der Waals surface area (Å²) >= 11 is 0.